The van der Waals surface area contributed by atoms with Gasteiger partial charge in [-0.1, -0.05) is 11.6 Å². The summed E-state index contributed by atoms with van der Waals surface area (Å²) in [6.07, 6.45) is 1.45. The number of nitrogens with two attached hydrogens (primary N) is 1. The summed E-state index contributed by atoms with van der Waals surface area (Å²) >= 11 is 0. The summed E-state index contributed by atoms with van der Waals surface area (Å²) in [6.45, 7) is 3.27. The zero-order valence-electron chi connectivity index (χ0n) is 7.87. The van der Waals surface area contributed by atoms with Crippen molar-refractivity contribution < 1.29 is 15.0 Å². The molecular formula is C9H15NO3. The number of carbonyl (C=O) groups is 1. The highest BCUT2D eigenvalue weighted by molar-refractivity contribution is 5.92. The van der Waals surface area contributed by atoms with E-state index in [0.29, 0.717) is 11.1 Å². The molecule has 0 bridgehead atoms. The van der Waals surface area contributed by atoms with E-state index in [-0.39, 0.29) is 18.7 Å². The average Bonchev–Trinajstić information content (AvgIpc) is 2.12. The molecule has 0 atom stereocenters. The largest absolute Gasteiger partial charge is 0.478 e. The summed E-state index contributed by atoms with van der Waals surface area (Å²) in [5.41, 5.74) is 6.56. The van der Waals surface area contributed by atoms with Gasteiger partial charge in [0.25, 0.3) is 0 Å². The van der Waals surface area contributed by atoms with Crippen LogP contribution in [0.5, 0.6) is 0 Å². The van der Waals surface area contributed by atoms with E-state index in [9.17, 15) is 4.79 Å². The minimum Gasteiger partial charge on any atom is -0.478 e. The van der Waals surface area contributed by atoms with Crippen molar-refractivity contribution in [3.8, 4) is 0 Å². The van der Waals surface area contributed by atoms with E-state index in [1.54, 1.807) is 13.8 Å². The maximum absolute atomic E-state index is 10.7. The summed E-state index contributed by atoms with van der Waals surface area (Å²) in [7, 11) is 0. The van der Waals surface area contributed by atoms with Crippen molar-refractivity contribution in [2.45, 2.75) is 13.8 Å². The third-order valence-electron chi connectivity index (χ3n) is 1.82. The van der Waals surface area contributed by atoms with E-state index in [2.05, 4.69) is 0 Å². The van der Waals surface area contributed by atoms with Gasteiger partial charge in [-0.25, -0.2) is 4.79 Å². The van der Waals surface area contributed by atoms with Gasteiger partial charge in [-0.05, 0) is 19.4 Å². The topological polar surface area (TPSA) is 83.5 Å². The molecule has 0 fully saturated rings. The maximum Gasteiger partial charge on any atom is 0.335 e. The van der Waals surface area contributed by atoms with Gasteiger partial charge in [-0.2, -0.15) is 0 Å². The minimum atomic E-state index is -1.04. The first kappa shape index (κ1) is 11.9. The molecule has 0 aliphatic carbocycles. The van der Waals surface area contributed by atoms with E-state index in [0.717, 1.165) is 0 Å². The van der Waals surface area contributed by atoms with E-state index < -0.39 is 5.97 Å². The summed E-state index contributed by atoms with van der Waals surface area (Å²) < 4.78 is 0. The van der Waals surface area contributed by atoms with Crippen LogP contribution in [0, 0.1) is 0 Å². The second-order valence-electron chi connectivity index (χ2n) is 2.63. The van der Waals surface area contributed by atoms with E-state index >= 15 is 0 Å². The van der Waals surface area contributed by atoms with Crippen LogP contribution in [0.4, 0.5) is 0 Å². The Balaban J connectivity index is 5.08. The third-order valence-corrected chi connectivity index (χ3v) is 1.82. The van der Waals surface area contributed by atoms with E-state index in [4.69, 9.17) is 15.9 Å². The number of hydrogen-bond acceptors (Lipinski definition) is 3. The Bertz CT molecular complexity index is 254. The van der Waals surface area contributed by atoms with Crippen LogP contribution in [0.25, 0.3) is 0 Å². The molecule has 0 aliphatic heterocycles. The molecule has 4 nitrogen and oxygen atoms in total. The number of hydrogen-bond donors (Lipinski definition) is 3. The Morgan fingerprint density at radius 2 is 2.08 bits per heavy atom. The summed E-state index contributed by atoms with van der Waals surface area (Å²) in [6, 6.07) is 0. The lowest BCUT2D eigenvalue weighted by molar-refractivity contribution is -0.132. The SMILES string of the molecule is C/C=C(C(=O)O)\C(CO)=C(/C)CN. The van der Waals surface area contributed by atoms with Gasteiger partial charge in [0.15, 0.2) is 0 Å². The molecule has 0 aliphatic rings. The predicted octanol–water partition coefficient (Wildman–Crippen LogP) is 0.285. The maximum atomic E-state index is 10.7. The lowest BCUT2D eigenvalue weighted by Gasteiger charge is -2.08. The highest BCUT2D eigenvalue weighted by Crippen LogP contribution is 2.13. The number of aliphatic carboxylic acids is 1. The molecule has 0 radical (unpaired) electrons. The number of carboxylic acid groups (broad SMARTS) is 1. The number of aliphatic hydroxyl groups is 1. The number of aliphatic hydroxyl groups excluding tert-OH is 1. The first-order valence-corrected chi connectivity index (χ1v) is 3.98. The fraction of sp³-hybridized carbons (Fsp3) is 0.444. The molecule has 0 spiro atoms. The van der Waals surface area contributed by atoms with E-state index in [1.807, 2.05) is 0 Å². The molecule has 0 aromatic rings. The van der Waals surface area contributed by atoms with Gasteiger partial charge < -0.3 is 15.9 Å². The Kier molecular flexibility index (Phi) is 5.03. The van der Waals surface area contributed by atoms with Gasteiger partial charge in [0.2, 0.25) is 0 Å². The van der Waals surface area contributed by atoms with Crippen LogP contribution >= 0.6 is 0 Å². The lowest BCUT2D eigenvalue weighted by Crippen LogP contribution is -2.12. The quantitative estimate of drug-likeness (QED) is 0.434. The van der Waals surface area contributed by atoms with Crippen LogP contribution in [0.3, 0.4) is 0 Å². The molecule has 4 heteroatoms. The van der Waals surface area contributed by atoms with Crippen molar-refractivity contribution in [2.75, 3.05) is 13.2 Å². The Morgan fingerprint density at radius 1 is 1.54 bits per heavy atom. The molecule has 4 N–H and O–H groups in total. The molecule has 0 amide bonds. The number of rotatable bonds is 4. The third kappa shape index (κ3) is 3.01. The van der Waals surface area contributed by atoms with Gasteiger partial charge in [0, 0.05) is 6.54 Å². The van der Waals surface area contributed by atoms with Crippen LogP contribution < -0.4 is 5.73 Å². The smallest absolute Gasteiger partial charge is 0.335 e. The van der Waals surface area contributed by atoms with E-state index in [1.165, 1.54) is 6.08 Å². The first-order chi connectivity index (χ1) is 6.08. The Labute approximate surface area is 77.4 Å². The average molecular weight is 185 g/mol. The van der Waals surface area contributed by atoms with Crippen molar-refractivity contribution >= 4 is 5.97 Å². The lowest BCUT2D eigenvalue weighted by atomic mass is 10.0. The van der Waals surface area contributed by atoms with Crippen LogP contribution in [0.15, 0.2) is 22.8 Å². The molecule has 13 heavy (non-hydrogen) atoms. The number of carboxylic acids is 1. The van der Waals surface area contributed by atoms with Crippen molar-refractivity contribution in [1.29, 1.82) is 0 Å². The Morgan fingerprint density at radius 3 is 2.31 bits per heavy atom. The highest BCUT2D eigenvalue weighted by atomic mass is 16.4. The fourth-order valence-corrected chi connectivity index (χ4v) is 1.00. The van der Waals surface area contributed by atoms with Crippen molar-refractivity contribution in [1.82, 2.24) is 0 Å². The van der Waals surface area contributed by atoms with Gasteiger partial charge in [-0.3, -0.25) is 0 Å². The van der Waals surface area contributed by atoms with Crippen LogP contribution in [0.1, 0.15) is 13.8 Å². The van der Waals surface area contributed by atoms with Crippen LogP contribution in [-0.4, -0.2) is 29.3 Å². The van der Waals surface area contributed by atoms with Crippen LogP contribution in [-0.2, 0) is 4.79 Å². The normalized spacial score (nSPS) is 14.0. The zero-order chi connectivity index (χ0) is 10.4. The molecule has 0 rings (SSSR count). The van der Waals surface area contributed by atoms with Gasteiger partial charge in [0.1, 0.15) is 0 Å². The monoisotopic (exact) mass is 185 g/mol. The molecular weight excluding hydrogens is 170 g/mol. The minimum absolute atomic E-state index is 0.116. The first-order valence-electron chi connectivity index (χ1n) is 3.98. The zero-order valence-corrected chi connectivity index (χ0v) is 7.87. The Hall–Kier alpha value is -1.13. The summed E-state index contributed by atoms with van der Waals surface area (Å²) in [4.78, 5) is 10.7. The van der Waals surface area contributed by atoms with Crippen molar-refractivity contribution in [3.63, 3.8) is 0 Å². The van der Waals surface area contributed by atoms with Crippen molar-refractivity contribution in [2.24, 2.45) is 5.73 Å². The molecule has 0 aromatic carbocycles. The summed E-state index contributed by atoms with van der Waals surface area (Å²) in [5, 5.41) is 17.7. The molecule has 0 aromatic heterocycles. The molecule has 74 valence electrons. The van der Waals surface area contributed by atoms with Gasteiger partial charge in [0.05, 0.1) is 12.2 Å². The highest BCUT2D eigenvalue weighted by Gasteiger charge is 2.13. The van der Waals surface area contributed by atoms with Crippen molar-refractivity contribution in [3.05, 3.63) is 22.8 Å². The standard InChI is InChI=1S/C9H15NO3/c1-3-7(9(12)13)8(5-11)6(2)4-10/h3,11H,4-5,10H2,1-2H3,(H,12,13)/b7-3+,8-6+. The number of allylic oxidation sites excluding steroid dienone is 1. The molecule has 0 saturated carbocycles. The second-order valence-corrected chi connectivity index (χ2v) is 2.63. The molecule has 0 saturated heterocycles. The van der Waals surface area contributed by atoms with Gasteiger partial charge in [-0.15, -0.1) is 0 Å². The second kappa shape index (κ2) is 5.50. The van der Waals surface area contributed by atoms with Crippen LogP contribution in [0.2, 0.25) is 0 Å². The van der Waals surface area contributed by atoms with Gasteiger partial charge >= 0.3 is 5.97 Å². The fourth-order valence-electron chi connectivity index (χ4n) is 1.00. The molecule has 0 unspecified atom stereocenters. The molecule has 0 heterocycles. The predicted molar refractivity (Wildman–Crippen MR) is 50.2 cm³/mol. The summed E-state index contributed by atoms with van der Waals surface area (Å²) in [5.74, 6) is -1.04.